The van der Waals surface area contributed by atoms with Gasteiger partial charge in [-0.3, -0.25) is 4.98 Å². The summed E-state index contributed by atoms with van der Waals surface area (Å²) in [6.45, 7) is 4.24. The summed E-state index contributed by atoms with van der Waals surface area (Å²) in [4.78, 5) is 10.6. The molecule has 0 atom stereocenters. The van der Waals surface area contributed by atoms with Crippen molar-refractivity contribution in [2.75, 3.05) is 0 Å². The molecule has 2 nitrogen and oxygen atoms in total. The SMILES string of the molecule is Cc1ccc(-c2ccc(-c3ccc(C)cc3)c3nc(-c4ccc5ccccc5c4-c4cccc5ccccc45)cnc23)cc1. The highest BCUT2D eigenvalue weighted by molar-refractivity contribution is 6.11. The van der Waals surface area contributed by atoms with Crippen LogP contribution >= 0.6 is 0 Å². The zero-order valence-corrected chi connectivity index (χ0v) is 24.8. The van der Waals surface area contributed by atoms with Crippen molar-refractivity contribution in [3.05, 3.63) is 157 Å². The number of fused-ring (bicyclic) bond motifs is 3. The molecule has 2 heteroatoms. The Kier molecular flexibility index (Phi) is 6.27. The average molecular weight is 563 g/mol. The van der Waals surface area contributed by atoms with E-state index < -0.39 is 0 Å². The van der Waals surface area contributed by atoms with Crippen molar-refractivity contribution in [3.8, 4) is 44.6 Å². The van der Waals surface area contributed by atoms with Gasteiger partial charge in [-0.25, -0.2) is 4.98 Å². The van der Waals surface area contributed by atoms with Crippen molar-refractivity contribution in [1.29, 1.82) is 0 Å². The molecular weight excluding hydrogens is 532 g/mol. The lowest BCUT2D eigenvalue weighted by atomic mass is 9.89. The summed E-state index contributed by atoms with van der Waals surface area (Å²) in [5.41, 5.74) is 13.0. The number of rotatable bonds is 4. The first-order valence-corrected chi connectivity index (χ1v) is 15.1. The first-order chi connectivity index (χ1) is 21.6. The molecule has 0 radical (unpaired) electrons. The highest BCUT2D eigenvalue weighted by Gasteiger charge is 2.18. The van der Waals surface area contributed by atoms with Crippen LogP contribution in [0.15, 0.2) is 146 Å². The molecule has 208 valence electrons. The van der Waals surface area contributed by atoms with E-state index in [0.29, 0.717) is 0 Å². The molecule has 7 aromatic carbocycles. The molecule has 0 aliphatic carbocycles. The fourth-order valence-corrected chi connectivity index (χ4v) is 6.38. The van der Waals surface area contributed by atoms with Crippen molar-refractivity contribution in [2.24, 2.45) is 0 Å². The third-order valence-electron chi connectivity index (χ3n) is 8.69. The summed E-state index contributed by atoms with van der Waals surface area (Å²) in [5, 5.41) is 4.85. The minimum Gasteiger partial charge on any atom is -0.252 e. The summed E-state index contributed by atoms with van der Waals surface area (Å²) in [6, 6.07) is 50.0. The second-order valence-electron chi connectivity index (χ2n) is 11.6. The molecule has 8 rings (SSSR count). The molecular formula is C42H30N2. The van der Waals surface area contributed by atoms with Crippen LogP contribution in [0.25, 0.3) is 77.2 Å². The highest BCUT2D eigenvalue weighted by atomic mass is 14.8. The fourth-order valence-electron chi connectivity index (χ4n) is 6.38. The highest BCUT2D eigenvalue weighted by Crippen LogP contribution is 2.42. The Hall–Kier alpha value is -5.60. The Morgan fingerprint density at radius 2 is 0.955 bits per heavy atom. The van der Waals surface area contributed by atoms with Crippen LogP contribution in [0.3, 0.4) is 0 Å². The van der Waals surface area contributed by atoms with Crippen LogP contribution in [0.4, 0.5) is 0 Å². The van der Waals surface area contributed by atoms with E-state index >= 15 is 0 Å². The monoisotopic (exact) mass is 562 g/mol. The minimum atomic E-state index is 0.862. The quantitative estimate of drug-likeness (QED) is 0.213. The normalized spacial score (nSPS) is 11.4. The van der Waals surface area contributed by atoms with E-state index in [-0.39, 0.29) is 0 Å². The van der Waals surface area contributed by atoms with Crippen LogP contribution in [-0.4, -0.2) is 9.97 Å². The summed E-state index contributed by atoms with van der Waals surface area (Å²) < 4.78 is 0. The maximum Gasteiger partial charge on any atom is 0.0979 e. The molecule has 0 N–H and O–H groups in total. The molecule has 0 amide bonds. The van der Waals surface area contributed by atoms with Gasteiger partial charge < -0.3 is 0 Å². The van der Waals surface area contributed by atoms with Crippen molar-refractivity contribution in [2.45, 2.75) is 13.8 Å². The number of nitrogens with zero attached hydrogens (tertiary/aromatic N) is 2. The molecule has 0 bridgehead atoms. The lowest BCUT2D eigenvalue weighted by Crippen LogP contribution is -1.96. The summed E-state index contributed by atoms with van der Waals surface area (Å²) in [7, 11) is 0. The fraction of sp³-hybridized carbons (Fsp3) is 0.0476. The van der Waals surface area contributed by atoms with E-state index in [4.69, 9.17) is 9.97 Å². The first-order valence-electron chi connectivity index (χ1n) is 15.1. The van der Waals surface area contributed by atoms with E-state index in [9.17, 15) is 0 Å². The Morgan fingerprint density at radius 3 is 1.64 bits per heavy atom. The molecule has 0 saturated heterocycles. The maximum absolute atomic E-state index is 5.46. The predicted molar refractivity (Wildman–Crippen MR) is 186 cm³/mol. The van der Waals surface area contributed by atoms with Gasteiger partial charge in [0, 0.05) is 16.7 Å². The Balaban J connectivity index is 1.43. The summed E-state index contributed by atoms with van der Waals surface area (Å²) in [5.74, 6) is 0. The zero-order chi connectivity index (χ0) is 29.6. The van der Waals surface area contributed by atoms with Gasteiger partial charge in [0.1, 0.15) is 0 Å². The van der Waals surface area contributed by atoms with E-state index in [2.05, 4.69) is 153 Å². The van der Waals surface area contributed by atoms with Gasteiger partial charge >= 0.3 is 0 Å². The maximum atomic E-state index is 5.46. The molecule has 0 saturated carbocycles. The van der Waals surface area contributed by atoms with Gasteiger partial charge in [0.25, 0.3) is 0 Å². The van der Waals surface area contributed by atoms with Gasteiger partial charge in [-0.15, -0.1) is 0 Å². The smallest absolute Gasteiger partial charge is 0.0979 e. The van der Waals surface area contributed by atoms with Gasteiger partial charge in [-0.05, 0) is 57.6 Å². The molecule has 0 fully saturated rings. The largest absolute Gasteiger partial charge is 0.252 e. The number of hydrogen-bond acceptors (Lipinski definition) is 2. The van der Waals surface area contributed by atoms with Crippen molar-refractivity contribution in [1.82, 2.24) is 9.97 Å². The van der Waals surface area contributed by atoms with Crippen LogP contribution in [0, 0.1) is 13.8 Å². The number of aromatic nitrogens is 2. The van der Waals surface area contributed by atoms with Gasteiger partial charge in [0.15, 0.2) is 0 Å². The van der Waals surface area contributed by atoms with Crippen LogP contribution in [-0.2, 0) is 0 Å². The molecule has 1 heterocycles. The predicted octanol–water partition coefficient (Wildman–Crippen LogP) is 11.2. The average Bonchev–Trinajstić information content (AvgIpc) is 3.08. The molecule has 0 spiro atoms. The Labute approximate surface area is 257 Å². The number of benzene rings is 7. The second-order valence-corrected chi connectivity index (χ2v) is 11.6. The Bertz CT molecular complexity index is 2330. The van der Waals surface area contributed by atoms with Crippen LogP contribution < -0.4 is 0 Å². The van der Waals surface area contributed by atoms with Gasteiger partial charge in [-0.1, -0.05) is 151 Å². The third-order valence-corrected chi connectivity index (χ3v) is 8.69. The van der Waals surface area contributed by atoms with Crippen molar-refractivity contribution in [3.63, 3.8) is 0 Å². The molecule has 0 aliphatic rings. The van der Waals surface area contributed by atoms with E-state index in [0.717, 1.165) is 44.5 Å². The summed E-state index contributed by atoms with van der Waals surface area (Å²) in [6.07, 6.45) is 1.96. The Morgan fingerprint density at radius 1 is 0.409 bits per heavy atom. The lowest BCUT2D eigenvalue weighted by molar-refractivity contribution is 1.29. The zero-order valence-electron chi connectivity index (χ0n) is 24.8. The second kappa shape index (κ2) is 10.6. The van der Waals surface area contributed by atoms with E-state index in [1.54, 1.807) is 0 Å². The first kappa shape index (κ1) is 26.1. The summed E-state index contributed by atoms with van der Waals surface area (Å²) >= 11 is 0. The van der Waals surface area contributed by atoms with Crippen LogP contribution in [0.5, 0.6) is 0 Å². The topological polar surface area (TPSA) is 25.8 Å². The number of aryl methyl sites for hydroxylation is 2. The molecule has 0 unspecified atom stereocenters. The van der Waals surface area contributed by atoms with Gasteiger partial charge in [-0.2, -0.15) is 0 Å². The van der Waals surface area contributed by atoms with Gasteiger partial charge in [0.05, 0.1) is 22.9 Å². The van der Waals surface area contributed by atoms with Crippen molar-refractivity contribution < 1.29 is 0 Å². The molecule has 1 aromatic heterocycles. The molecule has 0 aliphatic heterocycles. The van der Waals surface area contributed by atoms with Crippen molar-refractivity contribution >= 4 is 32.6 Å². The van der Waals surface area contributed by atoms with E-state index in [1.807, 2.05) is 6.20 Å². The molecule has 8 aromatic rings. The minimum absolute atomic E-state index is 0.862. The van der Waals surface area contributed by atoms with E-state index in [1.165, 1.54) is 43.8 Å². The number of hydrogen-bond donors (Lipinski definition) is 0. The van der Waals surface area contributed by atoms with Crippen LogP contribution in [0.2, 0.25) is 0 Å². The van der Waals surface area contributed by atoms with Crippen LogP contribution in [0.1, 0.15) is 11.1 Å². The standard InChI is InChI=1S/C42H30N2/c1-27-14-18-31(19-15-27)35-24-25-36(32-20-16-28(2)17-21-32)42-41(35)43-26-39(44-42)38-23-22-30-9-4-6-12-34(30)40(38)37-13-7-10-29-8-3-5-11-33(29)37/h3-26H,1-2H3. The molecule has 44 heavy (non-hydrogen) atoms. The lowest BCUT2D eigenvalue weighted by Gasteiger charge is -2.17. The third kappa shape index (κ3) is 4.44. The van der Waals surface area contributed by atoms with Gasteiger partial charge in [0.2, 0.25) is 0 Å².